The van der Waals surface area contributed by atoms with Crippen molar-refractivity contribution >= 4 is 35.2 Å². The minimum absolute atomic E-state index is 0.0139. The molecule has 1 N–H and O–H groups in total. The zero-order valence-electron chi connectivity index (χ0n) is 15.3. The van der Waals surface area contributed by atoms with Crippen molar-refractivity contribution in [3.05, 3.63) is 39.5 Å². The normalized spacial score (nSPS) is 11.3. The number of amides is 1. The van der Waals surface area contributed by atoms with Crippen molar-refractivity contribution in [1.29, 1.82) is 0 Å². The SMILES string of the molecule is CCOC(=O)CCNC(=O)n1nc(Oc2c(Cl)cc(C(F)(F)F)cc2Cl)cc1C. The van der Waals surface area contributed by atoms with Crippen LogP contribution in [0.4, 0.5) is 18.0 Å². The van der Waals surface area contributed by atoms with Gasteiger partial charge in [-0.15, -0.1) is 5.10 Å². The monoisotopic (exact) mass is 453 g/mol. The fourth-order valence-corrected chi connectivity index (χ4v) is 2.77. The van der Waals surface area contributed by atoms with Gasteiger partial charge >= 0.3 is 18.2 Å². The number of aryl methyl sites for hydroxylation is 1. The van der Waals surface area contributed by atoms with Gasteiger partial charge in [0.05, 0.1) is 34.3 Å². The third kappa shape index (κ3) is 6.01. The van der Waals surface area contributed by atoms with Crippen molar-refractivity contribution in [2.24, 2.45) is 0 Å². The summed E-state index contributed by atoms with van der Waals surface area (Å²) < 4.78 is 49.5. The number of hydrogen-bond acceptors (Lipinski definition) is 5. The van der Waals surface area contributed by atoms with Gasteiger partial charge in [0.1, 0.15) is 0 Å². The van der Waals surface area contributed by atoms with Gasteiger partial charge in [-0.05, 0) is 26.0 Å². The molecule has 0 atom stereocenters. The van der Waals surface area contributed by atoms with Crippen LogP contribution in [0, 0.1) is 6.92 Å². The highest BCUT2D eigenvalue weighted by Crippen LogP contribution is 2.41. The van der Waals surface area contributed by atoms with Gasteiger partial charge in [-0.2, -0.15) is 17.9 Å². The number of halogens is 5. The Morgan fingerprint density at radius 2 is 1.83 bits per heavy atom. The van der Waals surface area contributed by atoms with Crippen LogP contribution in [0.3, 0.4) is 0 Å². The molecule has 0 fully saturated rings. The molecule has 0 spiro atoms. The summed E-state index contributed by atoms with van der Waals surface area (Å²) in [7, 11) is 0. The topological polar surface area (TPSA) is 82.5 Å². The number of nitrogens with one attached hydrogen (secondary N) is 1. The Bertz CT molecular complexity index is 893. The van der Waals surface area contributed by atoms with E-state index in [2.05, 4.69) is 10.4 Å². The number of esters is 1. The molecular formula is C17H16Cl2F3N3O4. The van der Waals surface area contributed by atoms with E-state index < -0.39 is 23.7 Å². The first-order valence-corrected chi connectivity index (χ1v) is 9.03. The Hall–Kier alpha value is -2.46. The van der Waals surface area contributed by atoms with Gasteiger partial charge in [0.2, 0.25) is 5.88 Å². The van der Waals surface area contributed by atoms with E-state index in [0.29, 0.717) is 17.8 Å². The van der Waals surface area contributed by atoms with Crippen molar-refractivity contribution in [3.8, 4) is 11.6 Å². The van der Waals surface area contributed by atoms with Crippen LogP contribution in [0.2, 0.25) is 10.0 Å². The van der Waals surface area contributed by atoms with Gasteiger partial charge in [0.25, 0.3) is 0 Å². The summed E-state index contributed by atoms with van der Waals surface area (Å²) in [6.45, 7) is 3.49. The van der Waals surface area contributed by atoms with Crippen LogP contribution in [-0.2, 0) is 15.7 Å². The van der Waals surface area contributed by atoms with E-state index in [1.165, 1.54) is 6.07 Å². The predicted molar refractivity (Wildman–Crippen MR) is 98.5 cm³/mol. The summed E-state index contributed by atoms with van der Waals surface area (Å²) in [4.78, 5) is 23.4. The molecule has 0 aliphatic heterocycles. The van der Waals surface area contributed by atoms with Gasteiger partial charge in [-0.25, -0.2) is 4.79 Å². The fraction of sp³-hybridized carbons (Fsp3) is 0.353. The van der Waals surface area contributed by atoms with Crippen LogP contribution in [0.1, 0.15) is 24.6 Å². The number of alkyl halides is 3. The molecule has 0 aliphatic rings. The molecule has 7 nitrogen and oxygen atoms in total. The average molecular weight is 454 g/mol. The first-order valence-electron chi connectivity index (χ1n) is 8.27. The molecule has 29 heavy (non-hydrogen) atoms. The molecule has 1 aromatic heterocycles. The van der Waals surface area contributed by atoms with Crippen LogP contribution >= 0.6 is 23.2 Å². The van der Waals surface area contributed by atoms with E-state index >= 15 is 0 Å². The Balaban J connectivity index is 2.11. The molecule has 0 bridgehead atoms. The van der Waals surface area contributed by atoms with E-state index in [4.69, 9.17) is 32.7 Å². The molecule has 2 rings (SSSR count). The lowest BCUT2D eigenvalue weighted by Gasteiger charge is -2.11. The molecule has 0 radical (unpaired) electrons. The van der Waals surface area contributed by atoms with Crippen LogP contribution in [0.15, 0.2) is 18.2 Å². The number of rotatable bonds is 6. The Kier molecular flexibility index (Phi) is 7.37. The van der Waals surface area contributed by atoms with Crippen LogP contribution < -0.4 is 10.1 Å². The number of ether oxygens (including phenoxy) is 2. The second-order valence-corrected chi connectivity index (χ2v) is 6.51. The average Bonchev–Trinajstić information content (AvgIpc) is 2.98. The molecule has 1 aromatic carbocycles. The molecule has 0 unspecified atom stereocenters. The summed E-state index contributed by atoms with van der Waals surface area (Å²) in [6.07, 6.45) is -4.63. The highest BCUT2D eigenvalue weighted by Gasteiger charge is 2.32. The summed E-state index contributed by atoms with van der Waals surface area (Å²) in [5, 5.41) is 5.67. The number of nitrogens with zero attached hydrogens (tertiary/aromatic N) is 2. The lowest BCUT2D eigenvalue weighted by molar-refractivity contribution is -0.143. The van der Waals surface area contributed by atoms with Crippen molar-refractivity contribution in [1.82, 2.24) is 15.1 Å². The van der Waals surface area contributed by atoms with Gasteiger partial charge in [0.15, 0.2) is 5.75 Å². The Morgan fingerprint density at radius 3 is 2.38 bits per heavy atom. The zero-order valence-corrected chi connectivity index (χ0v) is 16.8. The largest absolute Gasteiger partial charge is 0.466 e. The summed E-state index contributed by atoms with van der Waals surface area (Å²) in [5.41, 5.74) is -0.657. The minimum atomic E-state index is -4.62. The molecule has 158 valence electrons. The van der Waals surface area contributed by atoms with E-state index in [1.54, 1.807) is 13.8 Å². The smallest absolute Gasteiger partial charge is 0.416 e. The van der Waals surface area contributed by atoms with Crippen LogP contribution in [0.25, 0.3) is 0 Å². The number of aromatic nitrogens is 2. The van der Waals surface area contributed by atoms with Crippen molar-refractivity contribution in [3.63, 3.8) is 0 Å². The molecule has 1 heterocycles. The second-order valence-electron chi connectivity index (χ2n) is 5.69. The van der Waals surface area contributed by atoms with Crippen molar-refractivity contribution in [2.75, 3.05) is 13.2 Å². The fourth-order valence-electron chi connectivity index (χ4n) is 2.21. The standard InChI is InChI=1S/C17H16Cl2F3N3O4/c1-3-28-14(26)4-5-23-16(27)25-9(2)6-13(24-25)29-15-11(18)7-10(8-12(15)19)17(20,21)22/h6-8H,3-5H2,1-2H3,(H,23,27). The molecule has 0 saturated carbocycles. The maximum absolute atomic E-state index is 12.8. The summed E-state index contributed by atoms with van der Waals surface area (Å²) in [5.74, 6) is -0.791. The zero-order chi connectivity index (χ0) is 21.8. The third-order valence-corrected chi connectivity index (χ3v) is 4.06. The van der Waals surface area contributed by atoms with E-state index in [0.717, 1.165) is 4.68 Å². The molecule has 2 aromatic rings. The summed E-state index contributed by atoms with van der Waals surface area (Å²) in [6, 6.07) is 2.09. The maximum atomic E-state index is 12.8. The highest BCUT2D eigenvalue weighted by atomic mass is 35.5. The van der Waals surface area contributed by atoms with Gasteiger partial charge in [-0.1, -0.05) is 23.2 Å². The number of benzene rings is 1. The molecule has 0 saturated heterocycles. The number of carbonyl (C=O) groups excluding carboxylic acids is 2. The second kappa shape index (κ2) is 9.36. The lowest BCUT2D eigenvalue weighted by atomic mass is 10.2. The maximum Gasteiger partial charge on any atom is 0.416 e. The first kappa shape index (κ1) is 22.8. The molecule has 12 heteroatoms. The highest BCUT2D eigenvalue weighted by molar-refractivity contribution is 6.37. The first-order chi connectivity index (χ1) is 13.5. The van der Waals surface area contributed by atoms with E-state index in [-0.39, 0.29) is 41.2 Å². The van der Waals surface area contributed by atoms with Crippen molar-refractivity contribution < 1.29 is 32.2 Å². The van der Waals surface area contributed by atoms with Gasteiger partial charge in [0, 0.05) is 12.6 Å². The van der Waals surface area contributed by atoms with E-state index in [9.17, 15) is 22.8 Å². The van der Waals surface area contributed by atoms with Crippen LogP contribution in [-0.4, -0.2) is 34.9 Å². The quantitative estimate of drug-likeness (QED) is 0.633. The summed E-state index contributed by atoms with van der Waals surface area (Å²) >= 11 is 11.7. The van der Waals surface area contributed by atoms with Gasteiger partial charge < -0.3 is 14.8 Å². The number of hydrogen-bond donors (Lipinski definition) is 1. The van der Waals surface area contributed by atoms with Crippen molar-refractivity contribution in [2.45, 2.75) is 26.4 Å². The number of carbonyl (C=O) groups is 2. The third-order valence-electron chi connectivity index (χ3n) is 3.50. The molecule has 1 amide bonds. The van der Waals surface area contributed by atoms with Gasteiger partial charge in [-0.3, -0.25) is 4.79 Å². The Labute approximate surface area is 173 Å². The predicted octanol–water partition coefficient (Wildman–Crippen LogP) is 4.82. The minimum Gasteiger partial charge on any atom is -0.466 e. The molecule has 0 aliphatic carbocycles. The van der Waals surface area contributed by atoms with E-state index in [1.807, 2.05) is 0 Å². The Morgan fingerprint density at radius 1 is 1.21 bits per heavy atom. The molecular weight excluding hydrogens is 438 g/mol. The van der Waals surface area contributed by atoms with Crippen LogP contribution in [0.5, 0.6) is 11.6 Å². The lowest BCUT2D eigenvalue weighted by Crippen LogP contribution is -2.32.